The zero-order valence-electron chi connectivity index (χ0n) is 12.2. The number of rotatable bonds is 3. The minimum Gasteiger partial charge on any atom is -0.321 e. The molecule has 1 aromatic heterocycles. The number of hydrogen-bond donors (Lipinski definition) is 1. The first kappa shape index (κ1) is 14.7. The highest BCUT2D eigenvalue weighted by molar-refractivity contribution is 7.08. The normalized spacial score (nSPS) is 11.4. The molecule has 0 fully saturated rings. The first-order valence-electron chi connectivity index (χ1n) is 6.65. The molecule has 0 unspecified atom stereocenters. The molecule has 1 heterocycles. The van der Waals surface area contributed by atoms with Crippen molar-refractivity contribution < 1.29 is 4.79 Å². The van der Waals surface area contributed by atoms with Gasteiger partial charge in [0.05, 0.1) is 5.69 Å². The van der Waals surface area contributed by atoms with Gasteiger partial charge in [0, 0.05) is 5.69 Å². The lowest BCUT2D eigenvalue weighted by atomic mass is 9.86. The van der Waals surface area contributed by atoms with Crippen molar-refractivity contribution in [2.75, 3.05) is 5.32 Å². The first-order valence-corrected chi connectivity index (χ1v) is 7.43. The van der Waals surface area contributed by atoms with Crippen molar-refractivity contribution in [1.29, 1.82) is 0 Å². The average Bonchev–Trinajstić information content (AvgIpc) is 2.86. The lowest BCUT2D eigenvalue weighted by molar-refractivity contribution is 0.102. The maximum absolute atomic E-state index is 12.4. The molecule has 0 aliphatic carbocycles. The van der Waals surface area contributed by atoms with Crippen molar-refractivity contribution in [3.8, 4) is 0 Å². The summed E-state index contributed by atoms with van der Waals surface area (Å²) in [5, 5.41) is 6.96. The molecule has 5 heteroatoms. The second-order valence-corrected chi connectivity index (χ2v) is 6.41. The second kappa shape index (κ2) is 5.71. The van der Waals surface area contributed by atoms with E-state index in [0.717, 1.165) is 28.5 Å². The van der Waals surface area contributed by atoms with Crippen LogP contribution in [0.15, 0.2) is 24.3 Å². The third-order valence-corrected chi connectivity index (χ3v) is 3.85. The van der Waals surface area contributed by atoms with Gasteiger partial charge in [0.2, 0.25) is 0 Å². The Morgan fingerprint density at radius 1 is 1.30 bits per heavy atom. The number of nitrogens with one attached hydrogen (secondary N) is 1. The standard InChI is InChI=1S/C15H19N3OS/c1-5-11-13(20-18-17-11)14(19)16-12-9-7-6-8-10(12)15(2,3)4/h6-9H,5H2,1-4H3,(H,16,19). The second-order valence-electron chi connectivity index (χ2n) is 5.65. The topological polar surface area (TPSA) is 54.9 Å². The molecular weight excluding hydrogens is 270 g/mol. The molecule has 1 amide bonds. The fourth-order valence-corrected chi connectivity index (χ4v) is 2.68. The van der Waals surface area contributed by atoms with Gasteiger partial charge in [-0.1, -0.05) is 50.4 Å². The van der Waals surface area contributed by atoms with Gasteiger partial charge in [0.1, 0.15) is 4.88 Å². The van der Waals surface area contributed by atoms with E-state index in [2.05, 4.69) is 35.7 Å². The van der Waals surface area contributed by atoms with Crippen LogP contribution in [-0.2, 0) is 11.8 Å². The summed E-state index contributed by atoms with van der Waals surface area (Å²) in [5.74, 6) is -0.131. The summed E-state index contributed by atoms with van der Waals surface area (Å²) in [6.07, 6.45) is 0.709. The van der Waals surface area contributed by atoms with Crippen molar-refractivity contribution in [2.45, 2.75) is 39.5 Å². The summed E-state index contributed by atoms with van der Waals surface area (Å²) in [6, 6.07) is 7.89. The van der Waals surface area contributed by atoms with E-state index in [1.807, 2.05) is 31.2 Å². The smallest absolute Gasteiger partial charge is 0.269 e. The molecule has 106 valence electrons. The Bertz CT molecular complexity index is 614. The number of para-hydroxylation sites is 1. The zero-order valence-corrected chi connectivity index (χ0v) is 13.0. The number of aromatic nitrogens is 2. The van der Waals surface area contributed by atoms with Crippen LogP contribution in [-0.4, -0.2) is 15.5 Å². The highest BCUT2D eigenvalue weighted by atomic mass is 32.1. The third-order valence-electron chi connectivity index (χ3n) is 3.08. The zero-order chi connectivity index (χ0) is 14.8. The van der Waals surface area contributed by atoms with Gasteiger partial charge in [0.25, 0.3) is 5.91 Å². The molecule has 4 nitrogen and oxygen atoms in total. The Morgan fingerprint density at radius 3 is 2.65 bits per heavy atom. The summed E-state index contributed by atoms with van der Waals surface area (Å²) in [5.41, 5.74) is 2.69. The van der Waals surface area contributed by atoms with Crippen molar-refractivity contribution >= 4 is 23.1 Å². The predicted octanol–water partition coefficient (Wildman–Crippen LogP) is 3.65. The number of benzene rings is 1. The van der Waals surface area contributed by atoms with Gasteiger partial charge in [-0.05, 0) is 35.0 Å². The molecule has 20 heavy (non-hydrogen) atoms. The van der Waals surface area contributed by atoms with Crippen molar-refractivity contribution in [2.24, 2.45) is 0 Å². The van der Waals surface area contributed by atoms with Crippen LogP contribution in [0.1, 0.15) is 48.6 Å². The molecule has 0 saturated carbocycles. The van der Waals surface area contributed by atoms with Crippen molar-refractivity contribution in [3.63, 3.8) is 0 Å². The van der Waals surface area contributed by atoms with Crippen LogP contribution in [0.5, 0.6) is 0 Å². The minimum atomic E-state index is -0.131. The molecule has 2 rings (SSSR count). The van der Waals surface area contributed by atoms with Gasteiger partial charge in [-0.25, -0.2) is 0 Å². The van der Waals surface area contributed by atoms with Crippen LogP contribution in [0.4, 0.5) is 5.69 Å². The Labute approximate surface area is 123 Å². The van der Waals surface area contributed by atoms with E-state index in [0.29, 0.717) is 11.3 Å². The van der Waals surface area contributed by atoms with Crippen molar-refractivity contribution in [3.05, 3.63) is 40.4 Å². The number of aryl methyl sites for hydroxylation is 1. The van der Waals surface area contributed by atoms with Crippen LogP contribution in [0.2, 0.25) is 0 Å². The Kier molecular flexibility index (Phi) is 4.18. The van der Waals surface area contributed by atoms with E-state index >= 15 is 0 Å². The third kappa shape index (κ3) is 3.04. The Hall–Kier alpha value is -1.75. The number of carbonyl (C=O) groups is 1. The monoisotopic (exact) mass is 289 g/mol. The van der Waals surface area contributed by atoms with Gasteiger partial charge < -0.3 is 5.32 Å². The van der Waals surface area contributed by atoms with Crippen LogP contribution < -0.4 is 5.32 Å². The fraction of sp³-hybridized carbons (Fsp3) is 0.400. The first-order chi connectivity index (χ1) is 9.43. The van der Waals surface area contributed by atoms with Gasteiger partial charge >= 0.3 is 0 Å². The summed E-state index contributed by atoms with van der Waals surface area (Å²) >= 11 is 1.14. The summed E-state index contributed by atoms with van der Waals surface area (Å²) in [4.78, 5) is 12.9. The van der Waals surface area contributed by atoms with Crippen LogP contribution in [0.25, 0.3) is 0 Å². The molecular formula is C15H19N3OS. The molecule has 0 spiro atoms. The maximum Gasteiger partial charge on any atom is 0.269 e. The van der Waals surface area contributed by atoms with E-state index in [9.17, 15) is 4.79 Å². The van der Waals surface area contributed by atoms with Gasteiger partial charge in [-0.3, -0.25) is 4.79 Å². The van der Waals surface area contributed by atoms with Crippen LogP contribution in [0.3, 0.4) is 0 Å². The summed E-state index contributed by atoms with van der Waals surface area (Å²) < 4.78 is 3.86. The van der Waals surface area contributed by atoms with Gasteiger partial charge in [-0.15, -0.1) is 5.10 Å². The molecule has 0 atom stereocenters. The van der Waals surface area contributed by atoms with Crippen LogP contribution >= 0.6 is 11.5 Å². The van der Waals surface area contributed by atoms with E-state index in [1.165, 1.54) is 0 Å². The SMILES string of the molecule is CCc1nnsc1C(=O)Nc1ccccc1C(C)(C)C. The molecule has 1 N–H and O–H groups in total. The van der Waals surface area contributed by atoms with E-state index in [-0.39, 0.29) is 11.3 Å². The Balaban J connectivity index is 2.29. The number of amides is 1. The van der Waals surface area contributed by atoms with Crippen LogP contribution in [0, 0.1) is 0 Å². The minimum absolute atomic E-state index is 0.0244. The highest BCUT2D eigenvalue weighted by Gasteiger charge is 2.21. The van der Waals surface area contributed by atoms with Gasteiger partial charge in [-0.2, -0.15) is 0 Å². The number of hydrogen-bond acceptors (Lipinski definition) is 4. The van der Waals surface area contributed by atoms with Crippen molar-refractivity contribution in [1.82, 2.24) is 9.59 Å². The molecule has 0 bridgehead atoms. The summed E-state index contributed by atoms with van der Waals surface area (Å²) in [7, 11) is 0. The molecule has 0 saturated heterocycles. The average molecular weight is 289 g/mol. The van der Waals surface area contributed by atoms with E-state index < -0.39 is 0 Å². The highest BCUT2D eigenvalue weighted by Crippen LogP contribution is 2.29. The number of anilines is 1. The predicted molar refractivity (Wildman–Crippen MR) is 82.4 cm³/mol. The van der Waals surface area contributed by atoms with Gasteiger partial charge in [0.15, 0.2) is 0 Å². The Morgan fingerprint density at radius 2 is 2.00 bits per heavy atom. The van der Waals surface area contributed by atoms with E-state index in [1.54, 1.807) is 0 Å². The molecule has 1 aromatic carbocycles. The number of carbonyl (C=O) groups excluding carboxylic acids is 1. The lowest BCUT2D eigenvalue weighted by Crippen LogP contribution is -2.18. The fourth-order valence-electron chi connectivity index (χ4n) is 2.04. The number of nitrogens with zero attached hydrogens (tertiary/aromatic N) is 2. The molecule has 0 aliphatic heterocycles. The molecule has 0 radical (unpaired) electrons. The largest absolute Gasteiger partial charge is 0.321 e. The van der Waals surface area contributed by atoms with E-state index in [4.69, 9.17) is 0 Å². The molecule has 0 aliphatic rings. The summed E-state index contributed by atoms with van der Waals surface area (Å²) in [6.45, 7) is 8.35. The molecule has 2 aromatic rings. The lowest BCUT2D eigenvalue weighted by Gasteiger charge is -2.22. The maximum atomic E-state index is 12.4. The quantitative estimate of drug-likeness (QED) is 0.938.